The number of methoxy groups -OCH3 is 1. The van der Waals surface area contributed by atoms with E-state index in [1.54, 1.807) is 31.5 Å². The fraction of sp³-hybridized carbons (Fsp3) is 0.267. The molecule has 2 aromatic rings. The van der Waals surface area contributed by atoms with Gasteiger partial charge in [0, 0.05) is 38.7 Å². The Morgan fingerprint density at radius 3 is 2.45 bits per heavy atom. The number of carbonyl (C=O) groups is 1. The molecule has 104 valence electrons. The fourth-order valence-electron chi connectivity index (χ4n) is 1.72. The van der Waals surface area contributed by atoms with Crippen LogP contribution in [-0.2, 0) is 4.74 Å². The average Bonchev–Trinajstić information content (AvgIpc) is 2.53. The Morgan fingerprint density at radius 1 is 1.20 bits per heavy atom. The third-order valence-corrected chi connectivity index (χ3v) is 2.91. The van der Waals surface area contributed by atoms with E-state index in [0.29, 0.717) is 24.5 Å². The van der Waals surface area contributed by atoms with Crippen LogP contribution in [0.25, 0.3) is 11.4 Å². The van der Waals surface area contributed by atoms with Crippen molar-refractivity contribution in [2.24, 2.45) is 0 Å². The smallest absolute Gasteiger partial charge is 0.256 e. The van der Waals surface area contributed by atoms with Crippen LogP contribution in [0.2, 0.25) is 0 Å². The molecular weight excluding hydrogens is 254 g/mol. The van der Waals surface area contributed by atoms with Crippen molar-refractivity contribution in [3.63, 3.8) is 0 Å². The highest BCUT2D eigenvalue weighted by Gasteiger charge is 2.12. The van der Waals surface area contributed by atoms with E-state index in [1.165, 1.54) is 0 Å². The maximum atomic E-state index is 12.1. The van der Waals surface area contributed by atoms with Crippen LogP contribution in [0.3, 0.4) is 0 Å². The molecule has 0 aliphatic carbocycles. The van der Waals surface area contributed by atoms with Gasteiger partial charge in [-0.3, -0.25) is 4.79 Å². The van der Waals surface area contributed by atoms with Crippen LogP contribution in [-0.4, -0.2) is 48.1 Å². The second-order valence-electron chi connectivity index (χ2n) is 4.38. The molecule has 0 bridgehead atoms. The van der Waals surface area contributed by atoms with E-state index >= 15 is 0 Å². The van der Waals surface area contributed by atoms with Crippen LogP contribution in [0.1, 0.15) is 10.4 Å². The maximum Gasteiger partial charge on any atom is 0.256 e. The van der Waals surface area contributed by atoms with Gasteiger partial charge in [-0.05, 0) is 0 Å². The second kappa shape index (κ2) is 6.77. The number of benzene rings is 1. The highest BCUT2D eigenvalue weighted by atomic mass is 16.5. The summed E-state index contributed by atoms with van der Waals surface area (Å²) in [6.45, 7) is 1.04. The lowest BCUT2D eigenvalue weighted by Crippen LogP contribution is -2.30. The van der Waals surface area contributed by atoms with Crippen molar-refractivity contribution in [2.45, 2.75) is 0 Å². The van der Waals surface area contributed by atoms with Gasteiger partial charge in [0.25, 0.3) is 5.91 Å². The SMILES string of the molecule is COCCN(C)C(=O)c1cnc(-c2ccccc2)nc1. The van der Waals surface area contributed by atoms with Crippen molar-refractivity contribution in [3.8, 4) is 11.4 Å². The average molecular weight is 271 g/mol. The van der Waals surface area contributed by atoms with Gasteiger partial charge in [0.15, 0.2) is 5.82 Å². The van der Waals surface area contributed by atoms with Crippen LogP contribution >= 0.6 is 0 Å². The van der Waals surface area contributed by atoms with Gasteiger partial charge in [-0.15, -0.1) is 0 Å². The number of hydrogen-bond donors (Lipinski definition) is 0. The first-order valence-corrected chi connectivity index (χ1v) is 6.34. The van der Waals surface area contributed by atoms with Crippen LogP contribution in [0.5, 0.6) is 0 Å². The normalized spacial score (nSPS) is 10.3. The number of amides is 1. The molecule has 0 saturated heterocycles. The van der Waals surface area contributed by atoms with Crippen LogP contribution in [0, 0.1) is 0 Å². The maximum absolute atomic E-state index is 12.1. The van der Waals surface area contributed by atoms with Crippen molar-refractivity contribution in [1.82, 2.24) is 14.9 Å². The topological polar surface area (TPSA) is 55.3 Å². The minimum atomic E-state index is -0.110. The number of aromatic nitrogens is 2. The van der Waals surface area contributed by atoms with E-state index in [2.05, 4.69) is 9.97 Å². The van der Waals surface area contributed by atoms with Gasteiger partial charge in [-0.1, -0.05) is 30.3 Å². The third kappa shape index (κ3) is 3.39. The molecule has 0 radical (unpaired) electrons. The van der Waals surface area contributed by atoms with Crippen molar-refractivity contribution in [1.29, 1.82) is 0 Å². The first-order valence-electron chi connectivity index (χ1n) is 6.34. The third-order valence-electron chi connectivity index (χ3n) is 2.91. The highest BCUT2D eigenvalue weighted by Crippen LogP contribution is 2.13. The summed E-state index contributed by atoms with van der Waals surface area (Å²) >= 11 is 0. The molecule has 1 heterocycles. The number of nitrogens with zero attached hydrogens (tertiary/aromatic N) is 3. The Kier molecular flexibility index (Phi) is 4.79. The molecule has 0 spiro atoms. The molecule has 20 heavy (non-hydrogen) atoms. The summed E-state index contributed by atoms with van der Waals surface area (Å²) in [7, 11) is 3.34. The van der Waals surface area contributed by atoms with E-state index in [0.717, 1.165) is 5.56 Å². The molecule has 5 heteroatoms. The largest absolute Gasteiger partial charge is 0.383 e. The van der Waals surface area contributed by atoms with E-state index in [9.17, 15) is 4.79 Å². The summed E-state index contributed by atoms with van der Waals surface area (Å²) in [4.78, 5) is 22.2. The Morgan fingerprint density at radius 2 is 1.85 bits per heavy atom. The first-order chi connectivity index (χ1) is 9.72. The monoisotopic (exact) mass is 271 g/mol. The molecule has 2 rings (SSSR count). The zero-order valence-corrected chi connectivity index (χ0v) is 11.6. The van der Waals surface area contributed by atoms with E-state index in [4.69, 9.17) is 4.74 Å². The van der Waals surface area contributed by atoms with E-state index in [-0.39, 0.29) is 5.91 Å². The van der Waals surface area contributed by atoms with Crippen LogP contribution < -0.4 is 0 Å². The Hall–Kier alpha value is -2.27. The number of rotatable bonds is 5. The molecule has 0 aliphatic rings. The zero-order chi connectivity index (χ0) is 14.4. The summed E-state index contributed by atoms with van der Waals surface area (Å²) in [5, 5.41) is 0. The predicted molar refractivity (Wildman–Crippen MR) is 76.3 cm³/mol. The molecule has 0 saturated carbocycles. The quantitative estimate of drug-likeness (QED) is 0.833. The van der Waals surface area contributed by atoms with Crippen molar-refractivity contribution in [2.75, 3.05) is 27.3 Å². The standard InChI is InChI=1S/C15H17N3O2/c1-18(8-9-20-2)15(19)13-10-16-14(17-11-13)12-6-4-3-5-7-12/h3-7,10-11H,8-9H2,1-2H3. The molecule has 5 nitrogen and oxygen atoms in total. The predicted octanol–water partition coefficient (Wildman–Crippen LogP) is 1.86. The van der Waals surface area contributed by atoms with Gasteiger partial charge in [-0.2, -0.15) is 0 Å². The second-order valence-corrected chi connectivity index (χ2v) is 4.38. The molecule has 1 aromatic heterocycles. The van der Waals surface area contributed by atoms with E-state index < -0.39 is 0 Å². The molecule has 0 fully saturated rings. The highest BCUT2D eigenvalue weighted by molar-refractivity contribution is 5.93. The van der Waals surface area contributed by atoms with Gasteiger partial charge in [0.2, 0.25) is 0 Å². The van der Waals surface area contributed by atoms with Crippen LogP contribution in [0.4, 0.5) is 0 Å². The summed E-state index contributed by atoms with van der Waals surface area (Å²) in [5.74, 6) is 0.503. The van der Waals surface area contributed by atoms with Crippen molar-refractivity contribution < 1.29 is 9.53 Å². The summed E-state index contributed by atoms with van der Waals surface area (Å²) in [6, 6.07) is 9.65. The number of ether oxygens (including phenoxy) is 1. The number of carbonyl (C=O) groups excluding carboxylic acids is 1. The lowest BCUT2D eigenvalue weighted by atomic mass is 10.2. The van der Waals surface area contributed by atoms with Crippen molar-refractivity contribution >= 4 is 5.91 Å². The molecule has 0 unspecified atom stereocenters. The molecule has 0 N–H and O–H groups in total. The van der Waals surface area contributed by atoms with Crippen molar-refractivity contribution in [3.05, 3.63) is 48.3 Å². The molecule has 0 aliphatic heterocycles. The lowest BCUT2D eigenvalue weighted by molar-refractivity contribution is 0.0743. The van der Waals surface area contributed by atoms with Gasteiger partial charge >= 0.3 is 0 Å². The van der Waals surface area contributed by atoms with Gasteiger partial charge < -0.3 is 9.64 Å². The molecular formula is C15H17N3O2. The number of hydrogen-bond acceptors (Lipinski definition) is 4. The minimum absolute atomic E-state index is 0.110. The molecule has 1 aromatic carbocycles. The molecule has 0 atom stereocenters. The first kappa shape index (κ1) is 14.1. The summed E-state index contributed by atoms with van der Waals surface area (Å²) < 4.78 is 4.95. The van der Waals surface area contributed by atoms with E-state index in [1.807, 2.05) is 30.3 Å². The minimum Gasteiger partial charge on any atom is -0.383 e. The van der Waals surface area contributed by atoms with Gasteiger partial charge in [0.05, 0.1) is 12.2 Å². The Bertz CT molecular complexity index is 555. The number of likely N-dealkylation sites (N-methyl/N-ethyl adjacent to an activating group) is 1. The Labute approximate surface area is 118 Å². The summed E-state index contributed by atoms with van der Waals surface area (Å²) in [6.07, 6.45) is 3.11. The lowest BCUT2D eigenvalue weighted by Gasteiger charge is -2.16. The van der Waals surface area contributed by atoms with Crippen LogP contribution in [0.15, 0.2) is 42.7 Å². The van der Waals surface area contributed by atoms with Gasteiger partial charge in [0.1, 0.15) is 0 Å². The Balaban J connectivity index is 2.10. The molecule has 1 amide bonds. The fourth-order valence-corrected chi connectivity index (χ4v) is 1.72. The van der Waals surface area contributed by atoms with Gasteiger partial charge in [-0.25, -0.2) is 9.97 Å². The summed E-state index contributed by atoms with van der Waals surface area (Å²) in [5.41, 5.74) is 1.41. The zero-order valence-electron chi connectivity index (χ0n) is 11.6.